The van der Waals surface area contributed by atoms with Gasteiger partial charge in [0, 0.05) is 11.4 Å². The molecule has 5 heteroatoms. The van der Waals surface area contributed by atoms with Crippen LogP contribution < -0.4 is 11.5 Å². The third-order valence-corrected chi connectivity index (χ3v) is 2.89. The summed E-state index contributed by atoms with van der Waals surface area (Å²) in [7, 11) is 0. The lowest BCUT2D eigenvalue weighted by molar-refractivity contribution is -0.137. The summed E-state index contributed by atoms with van der Waals surface area (Å²) in [5.41, 5.74) is 12.2. The van der Waals surface area contributed by atoms with Crippen LogP contribution in [0.4, 0.5) is 24.5 Å². The maximum atomic E-state index is 13.0. The van der Waals surface area contributed by atoms with Gasteiger partial charge in [0.1, 0.15) is 0 Å². The first kappa shape index (κ1) is 20.8. The second kappa shape index (κ2) is 9.08. The third-order valence-electron chi connectivity index (χ3n) is 2.89. The van der Waals surface area contributed by atoms with E-state index >= 15 is 0 Å². The van der Waals surface area contributed by atoms with E-state index in [1.54, 1.807) is 25.1 Å². The molecule has 0 bridgehead atoms. The monoisotopic (exact) mass is 326 g/mol. The summed E-state index contributed by atoms with van der Waals surface area (Å²) in [6.45, 7) is 9.72. The van der Waals surface area contributed by atoms with Gasteiger partial charge in [-0.15, -0.1) is 0 Å². The van der Waals surface area contributed by atoms with E-state index in [1.807, 2.05) is 27.7 Å². The van der Waals surface area contributed by atoms with Gasteiger partial charge in [0.25, 0.3) is 0 Å². The number of alkyl halides is 3. The van der Waals surface area contributed by atoms with E-state index in [2.05, 4.69) is 0 Å². The average molecular weight is 326 g/mol. The first-order valence-corrected chi connectivity index (χ1v) is 7.62. The first-order valence-electron chi connectivity index (χ1n) is 7.62. The Morgan fingerprint density at radius 3 is 1.61 bits per heavy atom. The highest BCUT2D eigenvalue weighted by Gasteiger charge is 2.34. The zero-order chi connectivity index (χ0) is 18.2. The second-order valence-corrected chi connectivity index (χ2v) is 4.38. The van der Waals surface area contributed by atoms with Crippen LogP contribution in [-0.2, 0) is 6.18 Å². The third kappa shape index (κ3) is 5.51. The van der Waals surface area contributed by atoms with Crippen molar-refractivity contribution in [3.8, 4) is 11.1 Å². The minimum Gasteiger partial charge on any atom is -0.399 e. The van der Waals surface area contributed by atoms with Gasteiger partial charge in [0.15, 0.2) is 0 Å². The molecule has 0 aliphatic rings. The highest BCUT2D eigenvalue weighted by molar-refractivity contribution is 5.74. The number of halogens is 3. The fourth-order valence-corrected chi connectivity index (χ4v) is 2.02. The SMILES string of the molecule is CC.CC.Cc1cc(N)ccc1-c1ccc(N)cc1C(F)(F)F. The van der Waals surface area contributed by atoms with Gasteiger partial charge >= 0.3 is 6.18 Å². The number of nitrogens with two attached hydrogens (primary N) is 2. The lowest BCUT2D eigenvalue weighted by Gasteiger charge is -2.15. The summed E-state index contributed by atoms with van der Waals surface area (Å²) >= 11 is 0. The van der Waals surface area contributed by atoms with E-state index in [0.29, 0.717) is 16.8 Å². The number of hydrogen-bond acceptors (Lipinski definition) is 2. The molecule has 0 heterocycles. The quantitative estimate of drug-likeness (QED) is 0.641. The van der Waals surface area contributed by atoms with Crippen molar-refractivity contribution in [1.29, 1.82) is 0 Å². The van der Waals surface area contributed by atoms with Crippen molar-refractivity contribution in [3.05, 3.63) is 47.5 Å². The maximum absolute atomic E-state index is 13.0. The van der Waals surface area contributed by atoms with Crippen LogP contribution in [0.15, 0.2) is 36.4 Å². The molecule has 128 valence electrons. The Morgan fingerprint density at radius 2 is 1.17 bits per heavy atom. The predicted octanol–water partition coefficient (Wildman–Crippen LogP) is 5.90. The van der Waals surface area contributed by atoms with Crippen LogP contribution >= 0.6 is 0 Å². The Balaban J connectivity index is 0.00000112. The largest absolute Gasteiger partial charge is 0.417 e. The Bertz CT molecular complexity index is 620. The van der Waals surface area contributed by atoms with Crippen molar-refractivity contribution < 1.29 is 13.2 Å². The highest BCUT2D eigenvalue weighted by Crippen LogP contribution is 2.39. The molecule has 0 aromatic heterocycles. The predicted molar refractivity (Wildman–Crippen MR) is 93.1 cm³/mol. The molecule has 0 aliphatic heterocycles. The molecule has 0 fully saturated rings. The van der Waals surface area contributed by atoms with Gasteiger partial charge in [-0.1, -0.05) is 39.8 Å². The summed E-state index contributed by atoms with van der Waals surface area (Å²) in [4.78, 5) is 0. The highest BCUT2D eigenvalue weighted by atomic mass is 19.4. The second-order valence-electron chi connectivity index (χ2n) is 4.38. The summed E-state index contributed by atoms with van der Waals surface area (Å²) in [6, 6.07) is 8.61. The standard InChI is InChI=1S/C14H13F3N2.2C2H6/c1-8-6-9(18)2-4-11(8)12-5-3-10(19)7-13(12)14(15,16)17;2*1-2/h2-7H,18-19H2,1H3;2*1-2H3. The minimum atomic E-state index is -4.45. The van der Waals surface area contributed by atoms with E-state index in [4.69, 9.17) is 11.5 Å². The van der Waals surface area contributed by atoms with E-state index in [1.165, 1.54) is 12.1 Å². The van der Waals surface area contributed by atoms with Crippen LogP contribution in [0.3, 0.4) is 0 Å². The van der Waals surface area contributed by atoms with Gasteiger partial charge in [0.2, 0.25) is 0 Å². The minimum absolute atomic E-state index is 0.0872. The van der Waals surface area contributed by atoms with Crippen LogP contribution in [0.25, 0.3) is 11.1 Å². The molecule has 0 atom stereocenters. The van der Waals surface area contributed by atoms with Crippen LogP contribution in [0.2, 0.25) is 0 Å². The molecular weight excluding hydrogens is 301 g/mol. The number of rotatable bonds is 1. The van der Waals surface area contributed by atoms with Gasteiger partial charge in [-0.25, -0.2) is 0 Å². The van der Waals surface area contributed by atoms with E-state index in [9.17, 15) is 13.2 Å². The molecule has 0 saturated carbocycles. The molecule has 4 N–H and O–H groups in total. The normalized spacial score (nSPS) is 10.1. The number of aryl methyl sites for hydroxylation is 1. The summed E-state index contributed by atoms with van der Waals surface area (Å²) in [5.74, 6) is 0. The maximum Gasteiger partial charge on any atom is 0.417 e. The first-order chi connectivity index (χ1) is 10.8. The average Bonchev–Trinajstić information content (AvgIpc) is 2.51. The van der Waals surface area contributed by atoms with Gasteiger partial charge in [-0.2, -0.15) is 13.2 Å². The fourth-order valence-electron chi connectivity index (χ4n) is 2.02. The van der Waals surface area contributed by atoms with Crippen molar-refractivity contribution in [3.63, 3.8) is 0 Å². The summed E-state index contributed by atoms with van der Waals surface area (Å²) in [6.07, 6.45) is -4.45. The molecular formula is C18H25F3N2. The van der Waals surface area contributed by atoms with Crippen LogP contribution in [-0.4, -0.2) is 0 Å². The Labute approximate surface area is 136 Å². The zero-order valence-electron chi connectivity index (χ0n) is 14.3. The van der Waals surface area contributed by atoms with E-state index in [-0.39, 0.29) is 11.3 Å². The van der Waals surface area contributed by atoms with Gasteiger partial charge < -0.3 is 11.5 Å². The Morgan fingerprint density at radius 1 is 0.739 bits per heavy atom. The molecule has 0 saturated heterocycles. The molecule has 2 rings (SSSR count). The molecule has 0 amide bonds. The topological polar surface area (TPSA) is 52.0 Å². The lowest BCUT2D eigenvalue weighted by Crippen LogP contribution is -2.08. The summed E-state index contributed by atoms with van der Waals surface area (Å²) < 4.78 is 39.1. The Hall–Kier alpha value is -2.17. The summed E-state index contributed by atoms with van der Waals surface area (Å²) in [5, 5.41) is 0. The van der Waals surface area contributed by atoms with Gasteiger partial charge in [-0.05, 0) is 47.9 Å². The van der Waals surface area contributed by atoms with E-state index in [0.717, 1.165) is 6.07 Å². The molecule has 2 nitrogen and oxygen atoms in total. The molecule has 0 aliphatic carbocycles. The van der Waals surface area contributed by atoms with Gasteiger partial charge in [0.05, 0.1) is 5.56 Å². The smallest absolute Gasteiger partial charge is 0.399 e. The number of hydrogen-bond donors (Lipinski definition) is 2. The number of anilines is 2. The van der Waals surface area contributed by atoms with Crippen molar-refractivity contribution in [1.82, 2.24) is 0 Å². The fraction of sp³-hybridized carbons (Fsp3) is 0.333. The van der Waals surface area contributed by atoms with Crippen molar-refractivity contribution in [2.24, 2.45) is 0 Å². The molecule has 23 heavy (non-hydrogen) atoms. The molecule has 2 aromatic carbocycles. The number of nitrogen functional groups attached to an aromatic ring is 2. The zero-order valence-corrected chi connectivity index (χ0v) is 14.3. The van der Waals surface area contributed by atoms with E-state index < -0.39 is 11.7 Å². The van der Waals surface area contributed by atoms with Crippen LogP contribution in [0.5, 0.6) is 0 Å². The molecule has 2 aromatic rings. The Kier molecular flexibility index (Phi) is 8.22. The lowest BCUT2D eigenvalue weighted by atomic mass is 9.95. The van der Waals surface area contributed by atoms with Crippen molar-refractivity contribution in [2.45, 2.75) is 40.8 Å². The van der Waals surface area contributed by atoms with Crippen LogP contribution in [0.1, 0.15) is 38.8 Å². The van der Waals surface area contributed by atoms with Gasteiger partial charge in [-0.3, -0.25) is 0 Å². The number of benzene rings is 2. The van der Waals surface area contributed by atoms with Crippen LogP contribution in [0, 0.1) is 6.92 Å². The van der Waals surface area contributed by atoms with Crippen molar-refractivity contribution in [2.75, 3.05) is 11.5 Å². The molecule has 0 unspecified atom stereocenters. The van der Waals surface area contributed by atoms with Crippen molar-refractivity contribution >= 4 is 11.4 Å². The molecule has 0 spiro atoms. The molecule has 0 radical (unpaired) electrons.